The zero-order chi connectivity index (χ0) is 23.4. The number of hydrogen-bond donors (Lipinski definition) is 1. The molecule has 1 atom stereocenters. The van der Waals surface area contributed by atoms with Crippen molar-refractivity contribution >= 4 is 39.0 Å². The molecule has 33 heavy (non-hydrogen) atoms. The molecule has 0 fully saturated rings. The molecule has 2 heterocycles. The maximum Gasteiger partial charge on any atom is 0.262 e. The van der Waals surface area contributed by atoms with Crippen molar-refractivity contribution in [2.24, 2.45) is 0 Å². The zero-order valence-electron chi connectivity index (χ0n) is 17.6. The number of furan rings is 1. The summed E-state index contributed by atoms with van der Waals surface area (Å²) in [6.07, 6.45) is 3.11. The minimum absolute atomic E-state index is 0.0275. The highest BCUT2D eigenvalue weighted by atomic mass is 35.5. The van der Waals surface area contributed by atoms with Crippen LogP contribution in [0.4, 0.5) is 11.5 Å². The van der Waals surface area contributed by atoms with Gasteiger partial charge in [0.15, 0.2) is 0 Å². The number of carbonyl (C=O) groups is 1. The lowest BCUT2D eigenvalue weighted by molar-refractivity contribution is 0.0975. The smallest absolute Gasteiger partial charge is 0.262 e. The highest BCUT2D eigenvalue weighted by Crippen LogP contribution is 2.30. The Hall–Kier alpha value is -3.62. The third kappa shape index (κ3) is 4.92. The summed E-state index contributed by atoms with van der Waals surface area (Å²) in [6, 6.07) is 20.4. The van der Waals surface area contributed by atoms with E-state index in [-0.39, 0.29) is 16.1 Å². The van der Waals surface area contributed by atoms with Crippen LogP contribution in [0.2, 0.25) is 5.02 Å². The van der Waals surface area contributed by atoms with Crippen LogP contribution in [-0.4, -0.2) is 19.3 Å². The normalized spacial score (nSPS) is 12.2. The number of rotatable bonds is 7. The Morgan fingerprint density at radius 1 is 1.00 bits per heavy atom. The third-order valence-electron chi connectivity index (χ3n) is 4.98. The number of amides is 1. The molecule has 4 aromatic rings. The van der Waals surface area contributed by atoms with Gasteiger partial charge in [-0.3, -0.25) is 14.4 Å². The molecule has 1 N–H and O–H groups in total. The first-order valence-corrected chi connectivity index (χ1v) is 11.9. The number of para-hydroxylation sites is 1. The van der Waals surface area contributed by atoms with Gasteiger partial charge in [0.2, 0.25) is 0 Å². The Labute approximate surface area is 196 Å². The van der Waals surface area contributed by atoms with Gasteiger partial charge in [-0.15, -0.1) is 0 Å². The zero-order valence-corrected chi connectivity index (χ0v) is 19.1. The molecule has 4 rings (SSSR count). The van der Waals surface area contributed by atoms with Gasteiger partial charge in [-0.25, -0.2) is 13.4 Å². The largest absolute Gasteiger partial charge is 0.467 e. The van der Waals surface area contributed by atoms with Gasteiger partial charge in [-0.1, -0.05) is 29.8 Å². The van der Waals surface area contributed by atoms with Crippen molar-refractivity contribution in [2.75, 3.05) is 9.62 Å². The summed E-state index contributed by atoms with van der Waals surface area (Å²) in [7, 11) is -3.95. The standard InChI is InChI=1S/C24H20ClN3O4S/c1-17(22-9-6-16-32-22)28(23-10-4-5-15-26-23)24(29)20-7-2-3-8-21(20)27-33(30,31)19-13-11-18(25)12-14-19/h2-17,27H,1H3/t17-/m1/s1. The average Bonchev–Trinajstić information content (AvgIpc) is 3.35. The van der Waals surface area contributed by atoms with Gasteiger partial charge in [0.1, 0.15) is 11.6 Å². The maximum absolute atomic E-state index is 13.8. The van der Waals surface area contributed by atoms with Crippen LogP contribution in [0.25, 0.3) is 0 Å². The molecular formula is C24H20ClN3O4S. The van der Waals surface area contributed by atoms with E-state index in [1.165, 1.54) is 41.5 Å². The van der Waals surface area contributed by atoms with Crippen LogP contribution in [0, 0.1) is 0 Å². The van der Waals surface area contributed by atoms with Crippen LogP contribution in [0.15, 0.2) is 101 Å². The highest BCUT2D eigenvalue weighted by Gasteiger charge is 2.29. The molecule has 0 spiro atoms. The fourth-order valence-corrected chi connectivity index (χ4v) is 4.54. The highest BCUT2D eigenvalue weighted by molar-refractivity contribution is 7.92. The van der Waals surface area contributed by atoms with E-state index in [2.05, 4.69) is 9.71 Å². The molecule has 0 saturated heterocycles. The Morgan fingerprint density at radius 2 is 1.73 bits per heavy atom. The van der Waals surface area contributed by atoms with Crippen molar-refractivity contribution in [1.82, 2.24) is 4.98 Å². The number of halogens is 1. The fraction of sp³-hybridized carbons (Fsp3) is 0.0833. The van der Waals surface area contributed by atoms with Crippen LogP contribution in [-0.2, 0) is 10.0 Å². The first kappa shape index (κ1) is 22.6. The Kier molecular flexibility index (Phi) is 6.48. The number of pyridine rings is 1. The van der Waals surface area contributed by atoms with E-state index in [1.54, 1.807) is 54.7 Å². The van der Waals surface area contributed by atoms with Crippen molar-refractivity contribution in [1.29, 1.82) is 0 Å². The lowest BCUT2D eigenvalue weighted by Gasteiger charge is -2.28. The first-order chi connectivity index (χ1) is 15.9. The topological polar surface area (TPSA) is 92.5 Å². The molecule has 9 heteroatoms. The van der Waals surface area contributed by atoms with Crippen molar-refractivity contribution in [2.45, 2.75) is 17.9 Å². The molecule has 0 saturated carbocycles. The minimum atomic E-state index is -3.95. The van der Waals surface area contributed by atoms with E-state index in [0.717, 1.165) is 0 Å². The van der Waals surface area contributed by atoms with Gasteiger partial charge in [0.05, 0.1) is 28.5 Å². The van der Waals surface area contributed by atoms with Crippen molar-refractivity contribution in [3.8, 4) is 0 Å². The fourth-order valence-electron chi connectivity index (χ4n) is 3.34. The first-order valence-electron chi connectivity index (χ1n) is 10.0. The Balaban J connectivity index is 1.73. The lowest BCUT2D eigenvalue weighted by atomic mass is 10.1. The summed E-state index contributed by atoms with van der Waals surface area (Å²) in [5, 5.41) is 0.419. The second kappa shape index (κ2) is 9.48. The molecule has 7 nitrogen and oxygen atoms in total. The number of nitrogens with zero attached hydrogens (tertiary/aromatic N) is 2. The number of hydrogen-bond acceptors (Lipinski definition) is 5. The van der Waals surface area contributed by atoms with Gasteiger partial charge in [-0.2, -0.15) is 0 Å². The van der Waals surface area contributed by atoms with Crippen molar-refractivity contribution in [3.63, 3.8) is 0 Å². The van der Waals surface area contributed by atoms with Gasteiger partial charge in [-0.05, 0) is 67.6 Å². The molecule has 1 amide bonds. The second-order valence-corrected chi connectivity index (χ2v) is 9.28. The Bertz CT molecular complexity index is 1340. The number of benzene rings is 2. The van der Waals surface area contributed by atoms with E-state index in [4.69, 9.17) is 16.0 Å². The molecule has 0 aliphatic carbocycles. The van der Waals surface area contributed by atoms with Gasteiger partial charge >= 0.3 is 0 Å². The predicted molar refractivity (Wildman–Crippen MR) is 127 cm³/mol. The predicted octanol–water partition coefficient (Wildman–Crippen LogP) is 5.54. The molecule has 0 aliphatic heterocycles. The molecule has 0 radical (unpaired) electrons. The summed E-state index contributed by atoms with van der Waals surface area (Å²) >= 11 is 5.87. The summed E-state index contributed by atoms with van der Waals surface area (Å²) in [6.45, 7) is 1.81. The van der Waals surface area contributed by atoms with E-state index < -0.39 is 22.0 Å². The molecule has 0 bridgehead atoms. The SMILES string of the molecule is C[C@H](c1ccco1)N(C(=O)c1ccccc1NS(=O)(=O)c1ccc(Cl)cc1)c1ccccn1. The molecule has 2 aromatic carbocycles. The maximum atomic E-state index is 13.8. The quantitative estimate of drug-likeness (QED) is 0.374. The summed E-state index contributed by atoms with van der Waals surface area (Å²) < 4.78 is 33.9. The molecule has 0 aliphatic rings. The summed E-state index contributed by atoms with van der Waals surface area (Å²) in [4.78, 5) is 19.6. The van der Waals surface area contributed by atoms with Crippen LogP contribution in [0.3, 0.4) is 0 Å². The van der Waals surface area contributed by atoms with Crippen LogP contribution in [0.1, 0.15) is 29.1 Å². The molecule has 2 aromatic heterocycles. The summed E-state index contributed by atoms with van der Waals surface area (Å²) in [5.74, 6) is 0.530. The second-order valence-electron chi connectivity index (χ2n) is 7.16. The van der Waals surface area contributed by atoms with Crippen LogP contribution < -0.4 is 9.62 Å². The van der Waals surface area contributed by atoms with Gasteiger partial charge in [0, 0.05) is 11.2 Å². The van der Waals surface area contributed by atoms with Crippen LogP contribution in [0.5, 0.6) is 0 Å². The van der Waals surface area contributed by atoms with E-state index in [0.29, 0.717) is 16.6 Å². The van der Waals surface area contributed by atoms with E-state index in [9.17, 15) is 13.2 Å². The number of carbonyl (C=O) groups excluding carboxylic acids is 1. The molecule has 0 unspecified atom stereocenters. The number of nitrogens with one attached hydrogen (secondary N) is 1. The average molecular weight is 482 g/mol. The third-order valence-corrected chi connectivity index (χ3v) is 6.62. The van der Waals surface area contributed by atoms with Crippen LogP contribution >= 0.6 is 11.6 Å². The Morgan fingerprint density at radius 3 is 2.39 bits per heavy atom. The van der Waals surface area contributed by atoms with E-state index in [1.807, 2.05) is 6.92 Å². The monoisotopic (exact) mass is 481 g/mol. The minimum Gasteiger partial charge on any atom is -0.467 e. The molecule has 168 valence electrons. The summed E-state index contributed by atoms with van der Waals surface area (Å²) in [5.41, 5.74) is 0.309. The van der Waals surface area contributed by atoms with E-state index >= 15 is 0 Å². The van der Waals surface area contributed by atoms with Gasteiger partial charge < -0.3 is 4.42 Å². The number of sulfonamides is 1. The number of anilines is 2. The van der Waals surface area contributed by atoms with Crippen molar-refractivity contribution in [3.05, 3.63) is 108 Å². The molecular weight excluding hydrogens is 462 g/mol. The number of aromatic nitrogens is 1. The lowest BCUT2D eigenvalue weighted by Crippen LogP contribution is -2.34. The van der Waals surface area contributed by atoms with Gasteiger partial charge in [0.25, 0.3) is 15.9 Å². The van der Waals surface area contributed by atoms with Crippen molar-refractivity contribution < 1.29 is 17.6 Å².